The van der Waals surface area contributed by atoms with Crippen LogP contribution in [0.15, 0.2) is 0 Å². The van der Waals surface area contributed by atoms with Gasteiger partial charge < -0.3 is 10.4 Å². The highest BCUT2D eigenvalue weighted by Gasteiger charge is 2.16. The van der Waals surface area contributed by atoms with Crippen LogP contribution in [0.4, 0.5) is 0 Å². The molecule has 2 atom stereocenters. The molecule has 9 heavy (non-hydrogen) atoms. The SMILES string of the molecule is C[C@@H]1CS[C@@H](CO)CN1. The van der Waals surface area contributed by atoms with Gasteiger partial charge in [0.05, 0.1) is 6.61 Å². The first kappa shape index (κ1) is 7.38. The van der Waals surface area contributed by atoms with Gasteiger partial charge in [-0.05, 0) is 6.92 Å². The molecule has 0 aromatic carbocycles. The lowest BCUT2D eigenvalue weighted by Crippen LogP contribution is -2.41. The summed E-state index contributed by atoms with van der Waals surface area (Å²) in [6.45, 7) is 3.44. The van der Waals surface area contributed by atoms with Gasteiger partial charge >= 0.3 is 0 Å². The van der Waals surface area contributed by atoms with Gasteiger partial charge in [-0.1, -0.05) is 0 Å². The number of hydrogen-bond acceptors (Lipinski definition) is 3. The molecule has 1 aliphatic heterocycles. The summed E-state index contributed by atoms with van der Waals surface area (Å²) >= 11 is 1.86. The van der Waals surface area contributed by atoms with Crippen LogP contribution >= 0.6 is 11.8 Å². The van der Waals surface area contributed by atoms with E-state index < -0.39 is 0 Å². The van der Waals surface area contributed by atoms with E-state index in [1.54, 1.807) is 0 Å². The van der Waals surface area contributed by atoms with Gasteiger partial charge in [0.15, 0.2) is 0 Å². The van der Waals surface area contributed by atoms with E-state index >= 15 is 0 Å². The molecular formula is C6H13NOS. The molecule has 0 amide bonds. The van der Waals surface area contributed by atoms with Crippen molar-refractivity contribution in [2.24, 2.45) is 0 Å². The number of thioether (sulfide) groups is 1. The number of rotatable bonds is 1. The zero-order chi connectivity index (χ0) is 6.69. The van der Waals surface area contributed by atoms with E-state index in [2.05, 4.69) is 12.2 Å². The third-order valence-electron chi connectivity index (χ3n) is 1.48. The van der Waals surface area contributed by atoms with Crippen LogP contribution in [-0.4, -0.2) is 35.3 Å². The maximum absolute atomic E-state index is 8.72. The Morgan fingerprint density at radius 1 is 1.78 bits per heavy atom. The summed E-state index contributed by atoms with van der Waals surface area (Å²) in [5.41, 5.74) is 0. The summed E-state index contributed by atoms with van der Waals surface area (Å²) in [5.74, 6) is 1.13. The van der Waals surface area contributed by atoms with E-state index in [9.17, 15) is 0 Å². The van der Waals surface area contributed by atoms with Gasteiger partial charge in [-0.25, -0.2) is 0 Å². The fraction of sp³-hybridized carbons (Fsp3) is 1.00. The minimum Gasteiger partial charge on any atom is -0.395 e. The van der Waals surface area contributed by atoms with Crippen molar-refractivity contribution in [2.45, 2.75) is 18.2 Å². The number of aliphatic hydroxyl groups excluding tert-OH is 1. The highest BCUT2D eigenvalue weighted by molar-refractivity contribution is 8.00. The summed E-state index contributed by atoms with van der Waals surface area (Å²) in [5, 5.41) is 12.5. The van der Waals surface area contributed by atoms with Crippen molar-refractivity contribution in [2.75, 3.05) is 18.9 Å². The number of hydrogen-bond donors (Lipinski definition) is 2. The average molecular weight is 147 g/mol. The van der Waals surface area contributed by atoms with Crippen molar-refractivity contribution in [3.05, 3.63) is 0 Å². The van der Waals surface area contributed by atoms with E-state index in [4.69, 9.17) is 5.11 Å². The van der Waals surface area contributed by atoms with Crippen LogP contribution in [0, 0.1) is 0 Å². The fourth-order valence-corrected chi connectivity index (χ4v) is 1.85. The van der Waals surface area contributed by atoms with Gasteiger partial charge in [0.1, 0.15) is 0 Å². The topological polar surface area (TPSA) is 32.3 Å². The molecule has 54 valence electrons. The molecule has 0 radical (unpaired) electrons. The molecule has 3 heteroatoms. The second kappa shape index (κ2) is 3.44. The summed E-state index contributed by atoms with van der Waals surface area (Å²) in [4.78, 5) is 0. The maximum Gasteiger partial charge on any atom is 0.0562 e. The van der Waals surface area contributed by atoms with Crippen LogP contribution < -0.4 is 5.32 Å². The molecule has 0 aromatic rings. The molecule has 0 saturated carbocycles. The lowest BCUT2D eigenvalue weighted by molar-refractivity contribution is 0.287. The van der Waals surface area contributed by atoms with Crippen molar-refractivity contribution in [1.82, 2.24) is 5.32 Å². The number of nitrogens with one attached hydrogen (secondary N) is 1. The van der Waals surface area contributed by atoms with Crippen LogP contribution in [0.2, 0.25) is 0 Å². The lowest BCUT2D eigenvalue weighted by atomic mass is 10.3. The van der Waals surface area contributed by atoms with Crippen molar-refractivity contribution in [1.29, 1.82) is 0 Å². The molecule has 0 unspecified atom stereocenters. The molecule has 0 bridgehead atoms. The Morgan fingerprint density at radius 2 is 2.56 bits per heavy atom. The van der Waals surface area contributed by atoms with Crippen molar-refractivity contribution < 1.29 is 5.11 Å². The van der Waals surface area contributed by atoms with Crippen molar-refractivity contribution in [3.63, 3.8) is 0 Å². The molecule has 1 rings (SSSR count). The van der Waals surface area contributed by atoms with Crippen LogP contribution in [-0.2, 0) is 0 Å². The summed E-state index contributed by atoms with van der Waals surface area (Å²) in [7, 11) is 0. The third kappa shape index (κ3) is 2.16. The van der Waals surface area contributed by atoms with Crippen molar-refractivity contribution in [3.8, 4) is 0 Å². The van der Waals surface area contributed by atoms with Gasteiger partial charge in [0.25, 0.3) is 0 Å². The average Bonchev–Trinajstić information content (AvgIpc) is 1.90. The van der Waals surface area contributed by atoms with Crippen LogP contribution in [0.25, 0.3) is 0 Å². The predicted molar refractivity (Wildman–Crippen MR) is 40.8 cm³/mol. The summed E-state index contributed by atoms with van der Waals surface area (Å²) < 4.78 is 0. The molecule has 0 aromatic heterocycles. The van der Waals surface area contributed by atoms with Crippen LogP contribution in [0.5, 0.6) is 0 Å². The molecule has 2 nitrogen and oxygen atoms in total. The standard InChI is InChI=1S/C6H13NOS/c1-5-4-9-6(3-8)2-7-5/h5-8H,2-4H2,1H3/t5-,6-/m1/s1. The molecular weight excluding hydrogens is 134 g/mol. The van der Waals surface area contributed by atoms with E-state index in [1.165, 1.54) is 0 Å². The largest absolute Gasteiger partial charge is 0.395 e. The molecule has 1 fully saturated rings. The van der Waals surface area contributed by atoms with Gasteiger partial charge in [-0.2, -0.15) is 11.8 Å². The van der Waals surface area contributed by atoms with Gasteiger partial charge in [0.2, 0.25) is 0 Å². The Kier molecular flexibility index (Phi) is 2.82. The minimum absolute atomic E-state index is 0.310. The maximum atomic E-state index is 8.72. The Labute approximate surface area is 60.0 Å². The normalized spacial score (nSPS) is 36.7. The Balaban J connectivity index is 2.18. The smallest absolute Gasteiger partial charge is 0.0562 e. The molecule has 1 saturated heterocycles. The fourth-order valence-electron chi connectivity index (χ4n) is 0.848. The van der Waals surface area contributed by atoms with Gasteiger partial charge in [-0.3, -0.25) is 0 Å². The van der Waals surface area contributed by atoms with Crippen LogP contribution in [0.3, 0.4) is 0 Å². The second-order valence-corrected chi connectivity index (χ2v) is 3.78. The lowest BCUT2D eigenvalue weighted by Gasteiger charge is -2.25. The first-order chi connectivity index (χ1) is 4.33. The highest BCUT2D eigenvalue weighted by Crippen LogP contribution is 2.15. The van der Waals surface area contributed by atoms with Gasteiger partial charge in [-0.15, -0.1) is 0 Å². The molecule has 1 heterocycles. The zero-order valence-electron chi connectivity index (χ0n) is 5.63. The quantitative estimate of drug-likeness (QED) is 0.550. The molecule has 0 aliphatic carbocycles. The highest BCUT2D eigenvalue weighted by atomic mass is 32.2. The zero-order valence-corrected chi connectivity index (χ0v) is 6.45. The predicted octanol–water partition coefficient (Wildman–Crippen LogP) is 0.0722. The molecule has 0 spiro atoms. The Bertz CT molecular complexity index is 81.1. The minimum atomic E-state index is 0.310. The Morgan fingerprint density at radius 3 is 3.00 bits per heavy atom. The first-order valence-corrected chi connectivity index (χ1v) is 4.33. The Hall–Kier alpha value is 0.270. The van der Waals surface area contributed by atoms with Crippen molar-refractivity contribution >= 4 is 11.8 Å². The van der Waals surface area contributed by atoms with Crippen LogP contribution in [0.1, 0.15) is 6.92 Å². The first-order valence-electron chi connectivity index (χ1n) is 3.28. The van der Waals surface area contributed by atoms with E-state index in [-0.39, 0.29) is 0 Å². The van der Waals surface area contributed by atoms with E-state index in [1.807, 2.05) is 11.8 Å². The van der Waals surface area contributed by atoms with E-state index in [0.29, 0.717) is 17.9 Å². The summed E-state index contributed by atoms with van der Waals surface area (Å²) in [6, 6.07) is 0.623. The third-order valence-corrected chi connectivity index (χ3v) is 2.96. The summed E-state index contributed by atoms with van der Waals surface area (Å²) in [6.07, 6.45) is 0. The molecule has 2 N–H and O–H groups in total. The monoisotopic (exact) mass is 147 g/mol. The second-order valence-electron chi connectivity index (χ2n) is 2.45. The van der Waals surface area contributed by atoms with Gasteiger partial charge in [0, 0.05) is 23.6 Å². The van der Waals surface area contributed by atoms with E-state index in [0.717, 1.165) is 12.3 Å². The number of aliphatic hydroxyl groups is 1. The molecule has 1 aliphatic rings.